The summed E-state index contributed by atoms with van der Waals surface area (Å²) in [6.45, 7) is 3.50. The highest BCUT2D eigenvalue weighted by Crippen LogP contribution is 2.23. The number of rotatable bonds is 2. The molecule has 0 aliphatic heterocycles. The van der Waals surface area contributed by atoms with Crippen LogP contribution < -0.4 is 0 Å². The Labute approximate surface area is 86.6 Å². The third-order valence-electron chi connectivity index (χ3n) is 1.77. The number of ether oxygens (including phenoxy) is 1. The van der Waals surface area contributed by atoms with Crippen LogP contribution in [0.15, 0.2) is 12.1 Å². The summed E-state index contributed by atoms with van der Waals surface area (Å²) in [4.78, 5) is 11.3. The van der Waals surface area contributed by atoms with E-state index in [0.29, 0.717) is 5.56 Å². The minimum absolute atomic E-state index is 0.0663. The molecule has 0 aliphatic rings. The number of hydrogen-bond donors (Lipinski definition) is 0. The van der Waals surface area contributed by atoms with Gasteiger partial charge in [-0.25, -0.2) is 9.18 Å². The van der Waals surface area contributed by atoms with E-state index in [2.05, 4.69) is 0 Å². The second-order valence-electron chi connectivity index (χ2n) is 2.78. The first-order valence-corrected chi connectivity index (χ1v) is 4.57. The molecule has 0 saturated carbocycles. The number of benzene rings is 1. The molecule has 0 aromatic heterocycles. The van der Waals surface area contributed by atoms with Crippen LogP contribution in [0.5, 0.6) is 0 Å². The van der Waals surface area contributed by atoms with E-state index in [1.54, 1.807) is 13.8 Å². The van der Waals surface area contributed by atoms with Gasteiger partial charge < -0.3 is 4.74 Å². The van der Waals surface area contributed by atoms with Crippen LogP contribution in [0.4, 0.5) is 4.39 Å². The fourth-order valence-corrected chi connectivity index (χ4v) is 1.30. The Morgan fingerprint density at radius 2 is 2.21 bits per heavy atom. The Hall–Kier alpha value is -1.09. The largest absolute Gasteiger partial charge is 0.462 e. The van der Waals surface area contributed by atoms with Crippen LogP contribution in [0, 0.1) is 12.7 Å². The molecule has 0 spiro atoms. The van der Waals surface area contributed by atoms with Crippen LogP contribution in [-0.2, 0) is 4.74 Å². The maximum Gasteiger partial charge on any atom is 0.339 e. The van der Waals surface area contributed by atoms with Gasteiger partial charge in [0.25, 0.3) is 0 Å². The molecule has 1 rings (SSSR count). The van der Waals surface area contributed by atoms with Crippen molar-refractivity contribution in [1.29, 1.82) is 0 Å². The molecule has 0 N–H and O–H groups in total. The maximum absolute atomic E-state index is 13.3. The molecule has 0 heterocycles. The minimum atomic E-state index is -0.601. The van der Waals surface area contributed by atoms with Crippen molar-refractivity contribution in [3.05, 3.63) is 34.1 Å². The zero-order valence-corrected chi connectivity index (χ0v) is 8.69. The molecule has 0 unspecified atom stereocenters. The molecular weight excluding hydrogens is 207 g/mol. The van der Waals surface area contributed by atoms with Crippen molar-refractivity contribution in [1.82, 2.24) is 0 Å². The number of halogens is 2. The predicted molar refractivity (Wildman–Crippen MR) is 52.1 cm³/mol. The number of carbonyl (C=O) groups excluding carboxylic acids is 1. The summed E-state index contributed by atoms with van der Waals surface area (Å²) < 4.78 is 18.0. The van der Waals surface area contributed by atoms with Crippen LogP contribution in [0.1, 0.15) is 22.8 Å². The van der Waals surface area contributed by atoms with Gasteiger partial charge in [0, 0.05) is 0 Å². The molecule has 4 heteroatoms. The molecule has 0 amide bonds. The van der Waals surface area contributed by atoms with Crippen LogP contribution in [-0.4, -0.2) is 12.6 Å². The Bertz CT molecular complexity index is 363. The van der Waals surface area contributed by atoms with E-state index >= 15 is 0 Å². The van der Waals surface area contributed by atoms with Crippen molar-refractivity contribution in [2.24, 2.45) is 0 Å². The monoisotopic (exact) mass is 216 g/mol. The van der Waals surface area contributed by atoms with Gasteiger partial charge in [0.15, 0.2) is 0 Å². The molecule has 0 atom stereocenters. The fourth-order valence-electron chi connectivity index (χ4n) is 1.01. The van der Waals surface area contributed by atoms with Gasteiger partial charge >= 0.3 is 5.97 Å². The molecular formula is C10H10ClFO2. The summed E-state index contributed by atoms with van der Waals surface area (Å²) in [7, 11) is 0. The normalized spacial score (nSPS) is 10.0. The highest BCUT2D eigenvalue weighted by molar-refractivity contribution is 6.33. The second-order valence-corrected chi connectivity index (χ2v) is 3.16. The molecule has 0 radical (unpaired) electrons. The zero-order chi connectivity index (χ0) is 10.7. The standard InChI is InChI=1S/C10H10ClFO2/c1-3-14-10(13)7-5-4-6(2)9(12)8(7)11/h4-5H,3H2,1-2H3. The van der Waals surface area contributed by atoms with Crippen molar-refractivity contribution in [3.63, 3.8) is 0 Å². The highest BCUT2D eigenvalue weighted by atomic mass is 35.5. The van der Waals surface area contributed by atoms with E-state index in [-0.39, 0.29) is 17.2 Å². The predicted octanol–water partition coefficient (Wildman–Crippen LogP) is 2.96. The third-order valence-corrected chi connectivity index (χ3v) is 2.14. The van der Waals surface area contributed by atoms with Gasteiger partial charge in [-0.3, -0.25) is 0 Å². The van der Waals surface area contributed by atoms with Gasteiger partial charge in [0.05, 0.1) is 17.2 Å². The second kappa shape index (κ2) is 4.42. The molecule has 1 aromatic carbocycles. The van der Waals surface area contributed by atoms with Crippen molar-refractivity contribution in [2.45, 2.75) is 13.8 Å². The first-order valence-electron chi connectivity index (χ1n) is 4.19. The topological polar surface area (TPSA) is 26.3 Å². The first kappa shape index (κ1) is 11.0. The van der Waals surface area contributed by atoms with Crippen LogP contribution in [0.3, 0.4) is 0 Å². The summed E-state index contributed by atoms with van der Waals surface area (Å²) >= 11 is 5.65. The summed E-state index contributed by atoms with van der Waals surface area (Å²) in [5.41, 5.74) is 0.472. The van der Waals surface area contributed by atoms with E-state index in [4.69, 9.17) is 16.3 Å². The van der Waals surface area contributed by atoms with Gasteiger partial charge in [-0.05, 0) is 25.5 Å². The highest BCUT2D eigenvalue weighted by Gasteiger charge is 2.15. The fraction of sp³-hybridized carbons (Fsp3) is 0.300. The Balaban J connectivity index is 3.11. The number of hydrogen-bond acceptors (Lipinski definition) is 2. The van der Waals surface area contributed by atoms with Crippen molar-refractivity contribution >= 4 is 17.6 Å². The molecule has 1 aromatic rings. The summed E-state index contributed by atoms with van der Waals surface area (Å²) in [6, 6.07) is 2.95. The lowest BCUT2D eigenvalue weighted by atomic mass is 10.1. The van der Waals surface area contributed by atoms with Gasteiger partial charge in [-0.15, -0.1) is 0 Å². The zero-order valence-electron chi connectivity index (χ0n) is 7.93. The summed E-state index contributed by atoms with van der Waals surface area (Å²) in [5.74, 6) is -1.17. The van der Waals surface area contributed by atoms with Crippen molar-refractivity contribution in [3.8, 4) is 0 Å². The molecule has 0 saturated heterocycles. The first-order chi connectivity index (χ1) is 6.57. The van der Waals surface area contributed by atoms with E-state index in [1.807, 2.05) is 0 Å². The number of esters is 1. The smallest absolute Gasteiger partial charge is 0.339 e. The van der Waals surface area contributed by atoms with Gasteiger partial charge in [-0.2, -0.15) is 0 Å². The van der Waals surface area contributed by atoms with Crippen molar-refractivity contribution in [2.75, 3.05) is 6.61 Å². The lowest BCUT2D eigenvalue weighted by Gasteiger charge is -2.05. The Kier molecular flexibility index (Phi) is 3.47. The third kappa shape index (κ3) is 2.04. The quantitative estimate of drug-likeness (QED) is 0.711. The number of aryl methyl sites for hydroxylation is 1. The van der Waals surface area contributed by atoms with Crippen LogP contribution >= 0.6 is 11.6 Å². The molecule has 0 bridgehead atoms. The Morgan fingerprint density at radius 3 is 2.79 bits per heavy atom. The van der Waals surface area contributed by atoms with E-state index in [1.165, 1.54) is 12.1 Å². The summed E-state index contributed by atoms with van der Waals surface area (Å²) in [5, 5.41) is -0.177. The molecule has 0 aliphatic carbocycles. The van der Waals surface area contributed by atoms with Gasteiger partial charge in [-0.1, -0.05) is 17.7 Å². The molecule has 0 fully saturated rings. The SMILES string of the molecule is CCOC(=O)c1ccc(C)c(F)c1Cl. The van der Waals surface area contributed by atoms with Gasteiger partial charge in [0.2, 0.25) is 0 Å². The maximum atomic E-state index is 13.3. The van der Waals surface area contributed by atoms with E-state index < -0.39 is 11.8 Å². The molecule has 76 valence electrons. The Morgan fingerprint density at radius 1 is 1.57 bits per heavy atom. The van der Waals surface area contributed by atoms with Crippen molar-refractivity contribution < 1.29 is 13.9 Å². The molecule has 14 heavy (non-hydrogen) atoms. The number of carbonyl (C=O) groups is 1. The van der Waals surface area contributed by atoms with Gasteiger partial charge in [0.1, 0.15) is 5.82 Å². The van der Waals surface area contributed by atoms with Crippen LogP contribution in [0.25, 0.3) is 0 Å². The lowest BCUT2D eigenvalue weighted by molar-refractivity contribution is 0.0526. The minimum Gasteiger partial charge on any atom is -0.462 e. The molecule has 2 nitrogen and oxygen atoms in total. The van der Waals surface area contributed by atoms with E-state index in [0.717, 1.165) is 0 Å². The summed E-state index contributed by atoms with van der Waals surface area (Å²) in [6.07, 6.45) is 0. The average molecular weight is 217 g/mol. The lowest BCUT2D eigenvalue weighted by Crippen LogP contribution is -2.06. The van der Waals surface area contributed by atoms with E-state index in [9.17, 15) is 9.18 Å². The average Bonchev–Trinajstić information content (AvgIpc) is 2.15. The van der Waals surface area contributed by atoms with Crippen LogP contribution in [0.2, 0.25) is 5.02 Å².